The Labute approximate surface area is 222 Å². The summed E-state index contributed by atoms with van der Waals surface area (Å²) >= 11 is 5.63. The number of nitrogens with zero attached hydrogens (tertiary/aromatic N) is 3. The van der Waals surface area contributed by atoms with Gasteiger partial charge in [-0.1, -0.05) is 29.8 Å². The van der Waals surface area contributed by atoms with Gasteiger partial charge in [-0.3, -0.25) is 4.79 Å². The van der Waals surface area contributed by atoms with Crippen LogP contribution in [0.4, 0.5) is 23.7 Å². The monoisotopic (exact) mass is 549 g/mol. The number of anilines is 1. The summed E-state index contributed by atoms with van der Waals surface area (Å²) < 4.78 is 39.2. The number of aliphatic imine (C=N–C) groups is 1. The molecule has 0 saturated carbocycles. The quantitative estimate of drug-likeness (QED) is 0.458. The van der Waals surface area contributed by atoms with Crippen LogP contribution in [0.25, 0.3) is 0 Å². The Bertz CT molecular complexity index is 1290. The number of piperazine rings is 1. The van der Waals surface area contributed by atoms with Gasteiger partial charge < -0.3 is 31.5 Å². The van der Waals surface area contributed by atoms with E-state index in [9.17, 15) is 22.8 Å². The second kappa shape index (κ2) is 11.3. The van der Waals surface area contributed by atoms with Crippen molar-refractivity contribution < 1.29 is 22.8 Å². The van der Waals surface area contributed by atoms with Gasteiger partial charge in [0.15, 0.2) is 5.70 Å². The summed E-state index contributed by atoms with van der Waals surface area (Å²) in [6.45, 7) is 3.04. The number of alkyl halides is 3. The third-order valence-electron chi connectivity index (χ3n) is 6.14. The van der Waals surface area contributed by atoms with E-state index in [1.165, 1.54) is 6.07 Å². The van der Waals surface area contributed by atoms with Crippen molar-refractivity contribution >= 4 is 34.9 Å². The zero-order valence-corrected chi connectivity index (χ0v) is 21.3. The molecular formula is C25H27ClF3N7O2. The van der Waals surface area contributed by atoms with Crippen molar-refractivity contribution in [3.63, 3.8) is 0 Å². The molecule has 0 bridgehead atoms. The highest BCUT2D eigenvalue weighted by atomic mass is 35.5. The molecule has 1 saturated heterocycles. The van der Waals surface area contributed by atoms with E-state index in [0.29, 0.717) is 44.3 Å². The molecule has 0 aliphatic carbocycles. The number of nitrogens with one attached hydrogen (secondary N) is 3. The first kappa shape index (κ1) is 27.3. The smallest absolute Gasteiger partial charge is 0.383 e. The van der Waals surface area contributed by atoms with E-state index in [-0.39, 0.29) is 23.8 Å². The van der Waals surface area contributed by atoms with Crippen molar-refractivity contribution in [3.05, 3.63) is 75.7 Å². The van der Waals surface area contributed by atoms with Crippen LogP contribution in [-0.4, -0.2) is 67.2 Å². The van der Waals surface area contributed by atoms with Crippen molar-refractivity contribution in [1.82, 2.24) is 20.4 Å². The second-order valence-electron chi connectivity index (χ2n) is 8.89. The first-order chi connectivity index (χ1) is 18.0. The number of halogens is 4. The van der Waals surface area contributed by atoms with Gasteiger partial charge in [0, 0.05) is 45.5 Å². The molecule has 3 amide bonds. The van der Waals surface area contributed by atoms with Gasteiger partial charge in [-0.25, -0.2) is 9.79 Å². The van der Waals surface area contributed by atoms with Crippen molar-refractivity contribution in [3.8, 4) is 0 Å². The molecule has 13 heteroatoms. The summed E-state index contributed by atoms with van der Waals surface area (Å²) in [6, 6.07) is 9.71. The average Bonchev–Trinajstić information content (AvgIpc) is 2.89. The van der Waals surface area contributed by atoms with Crippen LogP contribution in [0, 0.1) is 0 Å². The van der Waals surface area contributed by atoms with Crippen LogP contribution in [-0.2, 0) is 17.5 Å². The average molecular weight is 550 g/mol. The normalized spacial score (nSPS) is 16.3. The first-order valence-corrected chi connectivity index (χ1v) is 12.2. The molecule has 1 fully saturated rings. The number of nitrogens with two attached hydrogens (primary N) is 1. The van der Waals surface area contributed by atoms with E-state index in [4.69, 9.17) is 17.3 Å². The van der Waals surface area contributed by atoms with Crippen LogP contribution in [0.2, 0.25) is 5.02 Å². The molecule has 0 atom stereocenters. The van der Waals surface area contributed by atoms with Crippen LogP contribution in [0.1, 0.15) is 16.7 Å². The maximum Gasteiger partial charge on any atom is 0.417 e. The number of carbonyl (C=O) groups is 2. The predicted octanol–water partition coefficient (Wildman–Crippen LogP) is 2.97. The number of benzene rings is 2. The fourth-order valence-electron chi connectivity index (χ4n) is 4.09. The van der Waals surface area contributed by atoms with Crippen LogP contribution >= 0.6 is 11.6 Å². The Morgan fingerprint density at radius 2 is 1.89 bits per heavy atom. The van der Waals surface area contributed by atoms with E-state index >= 15 is 0 Å². The number of urea groups is 1. The zero-order valence-electron chi connectivity index (χ0n) is 20.5. The maximum atomic E-state index is 13.1. The minimum atomic E-state index is -4.64. The molecule has 2 aliphatic heterocycles. The van der Waals surface area contributed by atoms with E-state index in [2.05, 4.69) is 20.9 Å². The maximum absolute atomic E-state index is 13.1. The number of likely N-dealkylation sites (N-methyl/N-ethyl adjacent to an activating group) is 1. The number of hydrogen-bond donors (Lipinski definition) is 4. The Balaban J connectivity index is 1.44. The van der Waals surface area contributed by atoms with E-state index in [1.54, 1.807) is 29.0 Å². The highest BCUT2D eigenvalue weighted by Crippen LogP contribution is 2.36. The molecular weight excluding hydrogens is 523 g/mol. The largest absolute Gasteiger partial charge is 0.417 e. The van der Waals surface area contributed by atoms with Crippen LogP contribution < -0.4 is 21.7 Å². The second-order valence-corrected chi connectivity index (χ2v) is 9.30. The lowest BCUT2D eigenvalue weighted by molar-refractivity contribution is -0.137. The summed E-state index contributed by atoms with van der Waals surface area (Å²) in [5.74, 6) is 0.0843. The number of amides is 3. The first-order valence-electron chi connectivity index (χ1n) is 11.8. The van der Waals surface area contributed by atoms with E-state index in [1.807, 2.05) is 12.1 Å². The Hall–Kier alpha value is -3.77. The molecule has 2 aromatic rings. The molecule has 202 valence electrons. The summed E-state index contributed by atoms with van der Waals surface area (Å²) in [4.78, 5) is 33.5. The number of carbonyl (C=O) groups excluding carboxylic acids is 2. The predicted molar refractivity (Wildman–Crippen MR) is 139 cm³/mol. The van der Waals surface area contributed by atoms with Crippen LogP contribution in [0.5, 0.6) is 0 Å². The summed E-state index contributed by atoms with van der Waals surface area (Å²) in [6.07, 6.45) is -4.64. The lowest BCUT2D eigenvalue weighted by Gasteiger charge is -2.31. The van der Waals surface area contributed by atoms with Gasteiger partial charge in [0.25, 0.3) is 5.91 Å². The lowest BCUT2D eigenvalue weighted by Crippen LogP contribution is -2.48. The van der Waals surface area contributed by atoms with Crippen molar-refractivity contribution in [2.24, 2.45) is 10.7 Å². The van der Waals surface area contributed by atoms with Crippen molar-refractivity contribution in [2.45, 2.75) is 12.7 Å². The number of rotatable bonds is 5. The number of hydrogen-bond acceptors (Lipinski definition) is 6. The molecule has 4 rings (SSSR count). The van der Waals surface area contributed by atoms with Crippen LogP contribution in [0.15, 0.2) is 59.0 Å². The fraction of sp³-hybridized carbons (Fsp3) is 0.320. The molecule has 9 nitrogen and oxygen atoms in total. The van der Waals surface area contributed by atoms with Crippen LogP contribution in [0.3, 0.4) is 0 Å². The Morgan fingerprint density at radius 3 is 2.61 bits per heavy atom. The van der Waals surface area contributed by atoms with Gasteiger partial charge in [0.1, 0.15) is 5.82 Å². The molecule has 5 N–H and O–H groups in total. The summed E-state index contributed by atoms with van der Waals surface area (Å²) in [7, 11) is 1.78. The standard InChI is InChI=1S/C25H27ClF3N7O2/c1-35-14-20(34-21(22(35)30)23(37)36-9-7-31-8-10-36)16-4-2-3-15(11-16)13-32-24(38)33-17-5-6-19(26)18(12-17)25(27,28)29/h2-6,11-12,31H,7-10,13-14,30H2,1H3,(H2,32,33,38). The zero-order chi connectivity index (χ0) is 27.4. The summed E-state index contributed by atoms with van der Waals surface area (Å²) in [5.41, 5.74) is 7.44. The molecule has 2 aromatic carbocycles. The molecule has 0 unspecified atom stereocenters. The minimum Gasteiger partial charge on any atom is -0.383 e. The highest BCUT2D eigenvalue weighted by Gasteiger charge is 2.33. The van der Waals surface area contributed by atoms with E-state index in [0.717, 1.165) is 23.3 Å². The summed E-state index contributed by atoms with van der Waals surface area (Å²) in [5, 5.41) is 7.76. The van der Waals surface area contributed by atoms with E-state index < -0.39 is 22.8 Å². The van der Waals surface area contributed by atoms with Gasteiger partial charge in [0.2, 0.25) is 0 Å². The van der Waals surface area contributed by atoms with Crippen molar-refractivity contribution in [1.29, 1.82) is 0 Å². The Morgan fingerprint density at radius 1 is 1.16 bits per heavy atom. The van der Waals surface area contributed by atoms with Gasteiger partial charge in [-0.15, -0.1) is 0 Å². The topological polar surface area (TPSA) is 115 Å². The molecule has 2 aliphatic rings. The molecule has 38 heavy (non-hydrogen) atoms. The highest BCUT2D eigenvalue weighted by molar-refractivity contribution is 6.31. The fourth-order valence-corrected chi connectivity index (χ4v) is 4.31. The molecule has 0 radical (unpaired) electrons. The van der Waals surface area contributed by atoms with Gasteiger partial charge in [-0.05, 0) is 35.4 Å². The minimum absolute atomic E-state index is 0.0429. The molecule has 0 spiro atoms. The van der Waals surface area contributed by atoms with Gasteiger partial charge in [-0.2, -0.15) is 13.2 Å². The van der Waals surface area contributed by atoms with Gasteiger partial charge >= 0.3 is 12.2 Å². The SMILES string of the molecule is CN1CC(c2cccc(CNC(=O)Nc3ccc(Cl)c(C(F)(F)F)c3)c2)=NC(C(=O)N2CCNCC2)=C1N. The molecule has 2 heterocycles. The van der Waals surface area contributed by atoms with Gasteiger partial charge in [0.05, 0.1) is 22.8 Å². The molecule has 0 aromatic heterocycles. The third-order valence-corrected chi connectivity index (χ3v) is 6.47. The van der Waals surface area contributed by atoms with Crippen molar-refractivity contribution in [2.75, 3.05) is 45.1 Å². The lowest BCUT2D eigenvalue weighted by atomic mass is 10.0. The third kappa shape index (κ3) is 6.37. The Kier molecular flexibility index (Phi) is 8.12.